The summed E-state index contributed by atoms with van der Waals surface area (Å²) < 4.78 is 27.4. The summed E-state index contributed by atoms with van der Waals surface area (Å²) in [6, 6.07) is 19.9. The number of carbonyl (C=O) groups excluding carboxylic acids is 1. The molecule has 0 unspecified atom stereocenters. The van der Waals surface area contributed by atoms with Gasteiger partial charge < -0.3 is 5.32 Å². The van der Waals surface area contributed by atoms with Crippen LogP contribution in [0.2, 0.25) is 5.02 Å². The number of rotatable bonds is 6. The van der Waals surface area contributed by atoms with Gasteiger partial charge in [0.2, 0.25) is 0 Å². The third-order valence-corrected chi connectivity index (χ3v) is 6.17. The number of halogens is 1. The second-order valence-corrected chi connectivity index (χ2v) is 8.81. The molecule has 1 amide bonds. The highest BCUT2D eigenvalue weighted by molar-refractivity contribution is 7.92. The Kier molecular flexibility index (Phi) is 6.25. The van der Waals surface area contributed by atoms with Crippen molar-refractivity contribution in [3.63, 3.8) is 0 Å². The van der Waals surface area contributed by atoms with E-state index >= 15 is 0 Å². The van der Waals surface area contributed by atoms with Crippen LogP contribution in [0.5, 0.6) is 0 Å². The summed E-state index contributed by atoms with van der Waals surface area (Å²) in [7, 11) is -3.73. The summed E-state index contributed by atoms with van der Waals surface area (Å²) in [5, 5.41) is 3.42. The molecule has 2 N–H and O–H groups in total. The minimum absolute atomic E-state index is 0.107. The Morgan fingerprint density at radius 2 is 1.55 bits per heavy atom. The van der Waals surface area contributed by atoms with Crippen LogP contribution in [-0.2, 0) is 10.0 Å². The fourth-order valence-electron chi connectivity index (χ4n) is 2.95. The summed E-state index contributed by atoms with van der Waals surface area (Å²) >= 11 is 5.80. The van der Waals surface area contributed by atoms with Gasteiger partial charge in [0.15, 0.2) is 0 Å². The van der Waals surface area contributed by atoms with Gasteiger partial charge in [-0.25, -0.2) is 8.42 Å². The van der Waals surface area contributed by atoms with E-state index in [1.807, 2.05) is 38.1 Å². The van der Waals surface area contributed by atoms with Crippen LogP contribution in [0.3, 0.4) is 0 Å². The van der Waals surface area contributed by atoms with Gasteiger partial charge in [-0.15, -0.1) is 0 Å². The van der Waals surface area contributed by atoms with Crippen LogP contribution in [0.1, 0.15) is 34.5 Å². The summed E-state index contributed by atoms with van der Waals surface area (Å²) in [5.74, 6) is -0.229. The van der Waals surface area contributed by atoms with Crippen LogP contribution in [0.25, 0.3) is 0 Å². The lowest BCUT2D eigenvalue weighted by Crippen LogP contribution is -2.27. The molecule has 0 heterocycles. The van der Waals surface area contributed by atoms with Gasteiger partial charge in [-0.2, -0.15) is 0 Å². The molecule has 0 fully saturated rings. The maximum Gasteiger partial charge on any atom is 0.261 e. The molecule has 0 saturated heterocycles. The van der Waals surface area contributed by atoms with E-state index in [2.05, 4.69) is 10.0 Å². The van der Waals surface area contributed by atoms with Gasteiger partial charge in [-0.1, -0.05) is 35.9 Å². The first-order valence-corrected chi connectivity index (χ1v) is 10.9. The molecule has 3 rings (SSSR count). The van der Waals surface area contributed by atoms with Gasteiger partial charge in [-0.05, 0) is 73.5 Å². The smallest absolute Gasteiger partial charge is 0.261 e. The number of sulfonamides is 1. The van der Waals surface area contributed by atoms with E-state index in [9.17, 15) is 13.2 Å². The van der Waals surface area contributed by atoms with Crippen molar-refractivity contribution in [3.05, 3.63) is 94.5 Å². The Labute approximate surface area is 175 Å². The lowest BCUT2D eigenvalue weighted by molar-refractivity contribution is 0.0940. The van der Waals surface area contributed by atoms with Crippen LogP contribution in [-0.4, -0.2) is 14.3 Å². The SMILES string of the molecule is Cc1ccccc1[C@H](C)NC(=O)c1ccc(NS(=O)(=O)c2ccc(Cl)cc2)cc1. The molecule has 0 bridgehead atoms. The zero-order valence-electron chi connectivity index (χ0n) is 16.0. The Balaban J connectivity index is 1.69. The number of carbonyl (C=O) groups is 1. The molecule has 5 nitrogen and oxygen atoms in total. The summed E-state index contributed by atoms with van der Waals surface area (Å²) in [5.41, 5.74) is 2.96. The van der Waals surface area contributed by atoms with E-state index in [4.69, 9.17) is 11.6 Å². The van der Waals surface area contributed by atoms with Gasteiger partial charge in [0.1, 0.15) is 0 Å². The van der Waals surface area contributed by atoms with Crippen molar-refractivity contribution in [1.82, 2.24) is 5.32 Å². The van der Waals surface area contributed by atoms with Gasteiger partial charge in [0, 0.05) is 16.3 Å². The lowest BCUT2D eigenvalue weighted by atomic mass is 10.0. The summed E-state index contributed by atoms with van der Waals surface area (Å²) in [6.07, 6.45) is 0. The van der Waals surface area contributed by atoms with E-state index in [0.717, 1.165) is 11.1 Å². The molecule has 150 valence electrons. The van der Waals surface area contributed by atoms with Crippen LogP contribution >= 0.6 is 11.6 Å². The molecule has 1 atom stereocenters. The molecule has 29 heavy (non-hydrogen) atoms. The number of hydrogen-bond acceptors (Lipinski definition) is 3. The van der Waals surface area contributed by atoms with Crippen LogP contribution in [0.4, 0.5) is 5.69 Å². The Bertz CT molecular complexity index is 1110. The minimum Gasteiger partial charge on any atom is -0.346 e. The van der Waals surface area contributed by atoms with Crippen molar-refractivity contribution in [2.45, 2.75) is 24.8 Å². The average molecular weight is 429 g/mol. The highest BCUT2D eigenvalue weighted by Crippen LogP contribution is 2.20. The van der Waals surface area contributed by atoms with E-state index < -0.39 is 10.0 Å². The third kappa shape index (κ3) is 5.16. The molecule has 3 aromatic rings. The molecule has 0 aliphatic carbocycles. The molecular weight excluding hydrogens is 408 g/mol. The number of nitrogens with one attached hydrogen (secondary N) is 2. The molecule has 0 radical (unpaired) electrons. The predicted molar refractivity (Wildman–Crippen MR) is 116 cm³/mol. The number of amides is 1. The summed E-state index contributed by atoms with van der Waals surface area (Å²) in [6.45, 7) is 3.93. The van der Waals surface area contributed by atoms with E-state index in [0.29, 0.717) is 16.3 Å². The topological polar surface area (TPSA) is 75.3 Å². The zero-order valence-corrected chi connectivity index (χ0v) is 17.6. The van der Waals surface area contributed by atoms with Gasteiger partial charge in [-0.3, -0.25) is 9.52 Å². The van der Waals surface area contributed by atoms with E-state index in [-0.39, 0.29) is 16.8 Å². The minimum atomic E-state index is -3.73. The molecule has 7 heteroatoms. The first-order chi connectivity index (χ1) is 13.8. The predicted octanol–water partition coefficient (Wildman–Crippen LogP) is 4.94. The van der Waals surface area contributed by atoms with E-state index in [1.165, 1.54) is 24.3 Å². The normalized spacial score (nSPS) is 12.2. The third-order valence-electron chi connectivity index (χ3n) is 4.53. The molecule has 3 aromatic carbocycles. The van der Waals surface area contributed by atoms with Crippen molar-refractivity contribution >= 4 is 33.2 Å². The first kappa shape index (κ1) is 20.9. The van der Waals surface area contributed by atoms with Gasteiger partial charge >= 0.3 is 0 Å². The maximum atomic E-state index is 12.5. The fraction of sp³-hybridized carbons (Fsp3) is 0.136. The Morgan fingerprint density at radius 1 is 0.931 bits per heavy atom. The zero-order chi connectivity index (χ0) is 21.0. The lowest BCUT2D eigenvalue weighted by Gasteiger charge is -2.16. The number of benzene rings is 3. The second-order valence-electron chi connectivity index (χ2n) is 6.69. The molecule has 0 aromatic heterocycles. The number of anilines is 1. The van der Waals surface area contributed by atoms with Crippen molar-refractivity contribution < 1.29 is 13.2 Å². The molecule has 0 spiro atoms. The van der Waals surface area contributed by atoms with Crippen LogP contribution in [0.15, 0.2) is 77.7 Å². The monoisotopic (exact) mass is 428 g/mol. The van der Waals surface area contributed by atoms with Crippen LogP contribution in [0, 0.1) is 6.92 Å². The summed E-state index contributed by atoms with van der Waals surface area (Å²) in [4.78, 5) is 12.6. The highest BCUT2D eigenvalue weighted by atomic mass is 35.5. The van der Waals surface area contributed by atoms with Gasteiger partial charge in [0.05, 0.1) is 10.9 Å². The van der Waals surface area contributed by atoms with Crippen molar-refractivity contribution in [2.75, 3.05) is 4.72 Å². The molecule has 0 aliphatic heterocycles. The molecular formula is C22H21ClN2O3S. The highest BCUT2D eigenvalue weighted by Gasteiger charge is 2.16. The quantitative estimate of drug-likeness (QED) is 0.583. The molecule has 0 saturated carbocycles. The van der Waals surface area contributed by atoms with Crippen LogP contribution < -0.4 is 10.0 Å². The fourth-order valence-corrected chi connectivity index (χ4v) is 4.13. The standard InChI is InChI=1S/C22H21ClN2O3S/c1-15-5-3-4-6-21(15)16(2)24-22(26)17-7-11-19(12-8-17)25-29(27,28)20-13-9-18(23)10-14-20/h3-14,16,25H,1-2H3,(H,24,26)/t16-/m0/s1. The number of hydrogen-bond donors (Lipinski definition) is 2. The molecule has 0 aliphatic rings. The van der Waals surface area contributed by atoms with Crippen molar-refractivity contribution in [1.29, 1.82) is 0 Å². The first-order valence-electron chi connectivity index (χ1n) is 9.01. The second kappa shape index (κ2) is 8.68. The largest absolute Gasteiger partial charge is 0.346 e. The van der Waals surface area contributed by atoms with Crippen molar-refractivity contribution in [3.8, 4) is 0 Å². The van der Waals surface area contributed by atoms with Gasteiger partial charge in [0.25, 0.3) is 15.9 Å². The van der Waals surface area contributed by atoms with Crippen molar-refractivity contribution in [2.24, 2.45) is 0 Å². The maximum absolute atomic E-state index is 12.5. The van der Waals surface area contributed by atoms with E-state index in [1.54, 1.807) is 24.3 Å². The average Bonchev–Trinajstić information content (AvgIpc) is 2.68. The Morgan fingerprint density at radius 3 is 2.17 bits per heavy atom. The Hall–Kier alpha value is -2.83. The number of aryl methyl sites for hydroxylation is 1.